The molecule has 1 aromatic heterocycles. The summed E-state index contributed by atoms with van der Waals surface area (Å²) in [6.45, 7) is 0.307. The molecule has 0 radical (unpaired) electrons. The van der Waals surface area contributed by atoms with Crippen molar-refractivity contribution in [3.05, 3.63) is 63.9 Å². The lowest BCUT2D eigenvalue weighted by Crippen LogP contribution is -2.30. The monoisotopic (exact) mass is 393 g/mol. The van der Waals surface area contributed by atoms with Gasteiger partial charge < -0.3 is 4.90 Å². The molecular weight excluding hydrogens is 380 g/mol. The summed E-state index contributed by atoms with van der Waals surface area (Å²) in [5.41, 5.74) is 1.48. The van der Waals surface area contributed by atoms with Gasteiger partial charge in [-0.05, 0) is 47.2 Å². The van der Waals surface area contributed by atoms with Gasteiger partial charge in [0.15, 0.2) is 0 Å². The minimum Gasteiger partial charge on any atom is -0.340 e. The predicted octanol–water partition coefficient (Wildman–Crippen LogP) is 3.44. The molecule has 134 valence electrons. The molecule has 0 bridgehead atoms. The van der Waals surface area contributed by atoms with E-state index >= 15 is 0 Å². The van der Waals surface area contributed by atoms with Gasteiger partial charge >= 0.3 is 0 Å². The zero-order valence-electron chi connectivity index (χ0n) is 13.7. The van der Waals surface area contributed by atoms with E-state index < -0.39 is 0 Å². The van der Waals surface area contributed by atoms with Crippen LogP contribution in [0.1, 0.15) is 5.56 Å². The molecule has 1 heterocycles. The Kier molecular flexibility index (Phi) is 5.49. The Morgan fingerprint density at radius 1 is 1.15 bits per heavy atom. The van der Waals surface area contributed by atoms with E-state index in [-0.39, 0.29) is 18.3 Å². The number of hydrogen-bond acceptors (Lipinski definition) is 4. The van der Waals surface area contributed by atoms with Gasteiger partial charge in [0.05, 0.1) is 10.0 Å². The molecule has 0 fully saturated rings. The Morgan fingerprint density at radius 3 is 2.58 bits per heavy atom. The SMILES string of the molecule is CN(Cc1ccc(Cl)c(Cl)c1)C(=O)Cn1nnc(-c2ccc(F)cc2)n1. The number of nitrogens with zero attached hydrogens (tertiary/aromatic N) is 5. The number of rotatable bonds is 5. The molecule has 0 atom stereocenters. The molecule has 0 aliphatic heterocycles. The molecule has 0 saturated carbocycles. The number of benzene rings is 2. The average Bonchev–Trinajstić information content (AvgIpc) is 3.07. The van der Waals surface area contributed by atoms with E-state index in [4.69, 9.17) is 23.2 Å². The van der Waals surface area contributed by atoms with Crippen LogP contribution in [0.3, 0.4) is 0 Å². The minimum atomic E-state index is -0.347. The van der Waals surface area contributed by atoms with Gasteiger partial charge in [0, 0.05) is 19.2 Å². The Bertz CT molecular complexity index is 929. The summed E-state index contributed by atoms with van der Waals surface area (Å²) in [6.07, 6.45) is 0. The fourth-order valence-corrected chi connectivity index (χ4v) is 2.59. The van der Waals surface area contributed by atoms with Crippen LogP contribution < -0.4 is 0 Å². The zero-order chi connectivity index (χ0) is 18.7. The van der Waals surface area contributed by atoms with Gasteiger partial charge in [-0.1, -0.05) is 29.3 Å². The lowest BCUT2D eigenvalue weighted by Gasteiger charge is -2.17. The number of amides is 1. The molecule has 0 saturated heterocycles. The first-order valence-electron chi connectivity index (χ1n) is 7.64. The third kappa shape index (κ3) is 4.36. The molecule has 0 spiro atoms. The van der Waals surface area contributed by atoms with Crippen molar-refractivity contribution in [3.8, 4) is 11.4 Å². The van der Waals surface area contributed by atoms with Crippen LogP contribution in [0, 0.1) is 5.82 Å². The topological polar surface area (TPSA) is 63.9 Å². The summed E-state index contributed by atoms with van der Waals surface area (Å²) in [5.74, 6) is -0.218. The number of carbonyl (C=O) groups excluding carboxylic acids is 1. The number of likely N-dealkylation sites (N-methyl/N-ethyl adjacent to an activating group) is 1. The number of carbonyl (C=O) groups is 1. The van der Waals surface area contributed by atoms with Crippen molar-refractivity contribution in [3.63, 3.8) is 0 Å². The number of halogens is 3. The van der Waals surface area contributed by atoms with E-state index in [0.29, 0.717) is 28.0 Å². The van der Waals surface area contributed by atoms with Crippen molar-refractivity contribution in [2.24, 2.45) is 0 Å². The maximum absolute atomic E-state index is 13.0. The maximum Gasteiger partial charge on any atom is 0.246 e. The van der Waals surface area contributed by atoms with Crippen molar-refractivity contribution in [1.29, 1.82) is 0 Å². The molecule has 2 aromatic carbocycles. The molecule has 1 amide bonds. The second kappa shape index (κ2) is 7.80. The molecule has 26 heavy (non-hydrogen) atoms. The summed E-state index contributed by atoms with van der Waals surface area (Å²) in [5, 5.41) is 12.8. The van der Waals surface area contributed by atoms with Crippen molar-refractivity contribution < 1.29 is 9.18 Å². The number of aromatic nitrogens is 4. The van der Waals surface area contributed by atoms with Crippen molar-refractivity contribution in [2.45, 2.75) is 13.1 Å². The first kappa shape index (κ1) is 18.3. The van der Waals surface area contributed by atoms with Gasteiger partial charge in [-0.2, -0.15) is 4.80 Å². The molecule has 3 rings (SSSR count). The first-order chi connectivity index (χ1) is 12.4. The Hall–Kier alpha value is -2.51. The Morgan fingerprint density at radius 2 is 1.88 bits per heavy atom. The van der Waals surface area contributed by atoms with Gasteiger partial charge in [-0.3, -0.25) is 4.79 Å². The van der Waals surface area contributed by atoms with Crippen LogP contribution in [0.25, 0.3) is 11.4 Å². The van der Waals surface area contributed by atoms with Gasteiger partial charge in [-0.25, -0.2) is 4.39 Å². The van der Waals surface area contributed by atoms with Crippen LogP contribution in [-0.2, 0) is 17.9 Å². The lowest BCUT2D eigenvalue weighted by molar-refractivity contribution is -0.131. The summed E-state index contributed by atoms with van der Waals surface area (Å²) >= 11 is 11.9. The minimum absolute atomic E-state index is 0.0635. The summed E-state index contributed by atoms with van der Waals surface area (Å²) < 4.78 is 13.0. The van der Waals surface area contributed by atoms with E-state index in [1.165, 1.54) is 21.8 Å². The van der Waals surface area contributed by atoms with E-state index in [1.54, 1.807) is 37.4 Å². The molecule has 0 aliphatic rings. The maximum atomic E-state index is 13.0. The van der Waals surface area contributed by atoms with E-state index in [0.717, 1.165) is 5.56 Å². The largest absolute Gasteiger partial charge is 0.340 e. The van der Waals surface area contributed by atoms with Crippen LogP contribution >= 0.6 is 23.2 Å². The highest BCUT2D eigenvalue weighted by Crippen LogP contribution is 2.23. The van der Waals surface area contributed by atoms with Crippen molar-refractivity contribution in [1.82, 2.24) is 25.1 Å². The molecule has 3 aromatic rings. The lowest BCUT2D eigenvalue weighted by atomic mass is 10.2. The quantitative estimate of drug-likeness (QED) is 0.665. The standard InChI is InChI=1S/C17H14Cl2FN5O/c1-24(9-11-2-7-14(18)15(19)8-11)16(26)10-25-22-17(21-23-25)12-3-5-13(20)6-4-12/h2-8H,9-10H2,1H3. The highest BCUT2D eigenvalue weighted by molar-refractivity contribution is 6.42. The third-order valence-electron chi connectivity index (χ3n) is 3.66. The highest BCUT2D eigenvalue weighted by atomic mass is 35.5. The highest BCUT2D eigenvalue weighted by Gasteiger charge is 2.14. The smallest absolute Gasteiger partial charge is 0.246 e. The van der Waals surface area contributed by atoms with E-state index in [9.17, 15) is 9.18 Å². The number of hydrogen-bond donors (Lipinski definition) is 0. The molecular formula is C17H14Cl2FN5O. The van der Waals surface area contributed by atoms with E-state index in [2.05, 4.69) is 15.4 Å². The summed E-state index contributed by atoms with van der Waals surface area (Å²) in [6, 6.07) is 10.9. The van der Waals surface area contributed by atoms with Gasteiger partial charge in [-0.15, -0.1) is 10.2 Å². The Balaban J connectivity index is 1.64. The van der Waals surface area contributed by atoms with Crippen LogP contribution in [0.15, 0.2) is 42.5 Å². The van der Waals surface area contributed by atoms with Crippen molar-refractivity contribution in [2.75, 3.05) is 7.05 Å². The second-order valence-corrected chi connectivity index (χ2v) is 6.46. The van der Waals surface area contributed by atoms with Gasteiger partial charge in [0.2, 0.25) is 11.7 Å². The van der Waals surface area contributed by atoms with Crippen LogP contribution in [0.2, 0.25) is 10.0 Å². The van der Waals surface area contributed by atoms with Crippen LogP contribution in [0.5, 0.6) is 0 Å². The summed E-state index contributed by atoms with van der Waals surface area (Å²) in [7, 11) is 1.67. The number of tetrazole rings is 1. The van der Waals surface area contributed by atoms with Gasteiger partial charge in [0.25, 0.3) is 0 Å². The fraction of sp³-hybridized carbons (Fsp3) is 0.176. The predicted molar refractivity (Wildman–Crippen MR) is 96.1 cm³/mol. The van der Waals surface area contributed by atoms with Gasteiger partial charge in [0.1, 0.15) is 12.4 Å². The third-order valence-corrected chi connectivity index (χ3v) is 4.40. The molecule has 0 N–H and O–H groups in total. The van der Waals surface area contributed by atoms with Crippen molar-refractivity contribution >= 4 is 29.1 Å². The first-order valence-corrected chi connectivity index (χ1v) is 8.39. The second-order valence-electron chi connectivity index (χ2n) is 5.65. The fourth-order valence-electron chi connectivity index (χ4n) is 2.27. The van der Waals surface area contributed by atoms with Crippen LogP contribution in [-0.4, -0.2) is 38.1 Å². The Labute approximate surface area is 159 Å². The molecule has 9 heteroatoms. The van der Waals surface area contributed by atoms with E-state index in [1.807, 2.05) is 0 Å². The molecule has 0 aliphatic carbocycles. The zero-order valence-corrected chi connectivity index (χ0v) is 15.2. The van der Waals surface area contributed by atoms with Crippen LogP contribution in [0.4, 0.5) is 4.39 Å². The molecule has 0 unspecified atom stereocenters. The molecule has 6 nitrogen and oxygen atoms in total. The normalized spacial score (nSPS) is 10.8. The average molecular weight is 394 g/mol. The summed E-state index contributed by atoms with van der Waals surface area (Å²) in [4.78, 5) is 15.1.